The molecule has 1 rings (SSSR count). The van der Waals surface area contributed by atoms with Crippen molar-refractivity contribution in [2.24, 2.45) is 0 Å². The van der Waals surface area contributed by atoms with E-state index >= 15 is 0 Å². The molecule has 0 amide bonds. The van der Waals surface area contributed by atoms with Crippen molar-refractivity contribution in [3.05, 3.63) is 6.20 Å². The number of hydrogen-bond acceptors (Lipinski definition) is 4. The standard InChI is InChI=1S/C11H18N4O2S/c1-4-7-15-8-10(11(12)13-15)18(16,17)14-9(5-2)6-3/h2,8-9,14H,4,6-7H2,1,3H3,(H2,12,13). The molecule has 0 bridgehead atoms. The molecule has 0 saturated carbocycles. The van der Waals surface area contributed by atoms with E-state index in [1.807, 2.05) is 6.92 Å². The Morgan fingerprint density at radius 2 is 2.28 bits per heavy atom. The normalized spacial score (nSPS) is 13.2. The van der Waals surface area contributed by atoms with Gasteiger partial charge in [0.1, 0.15) is 4.90 Å². The van der Waals surface area contributed by atoms with E-state index in [-0.39, 0.29) is 10.7 Å². The smallest absolute Gasteiger partial charge is 0.246 e. The summed E-state index contributed by atoms with van der Waals surface area (Å²) < 4.78 is 28.0. The van der Waals surface area contributed by atoms with E-state index in [4.69, 9.17) is 12.2 Å². The van der Waals surface area contributed by atoms with Crippen molar-refractivity contribution >= 4 is 15.8 Å². The minimum absolute atomic E-state index is 0.0113. The second kappa shape index (κ2) is 5.89. The molecule has 1 atom stereocenters. The monoisotopic (exact) mass is 270 g/mol. The van der Waals surface area contributed by atoms with Crippen LogP contribution in [-0.4, -0.2) is 24.2 Å². The molecule has 100 valence electrons. The van der Waals surface area contributed by atoms with Crippen molar-refractivity contribution in [3.63, 3.8) is 0 Å². The molecule has 18 heavy (non-hydrogen) atoms. The number of terminal acetylenes is 1. The molecule has 1 aromatic heterocycles. The SMILES string of the molecule is C#CC(CC)NS(=O)(=O)c1cn(CCC)nc1N. The predicted molar refractivity (Wildman–Crippen MR) is 70.2 cm³/mol. The van der Waals surface area contributed by atoms with Crippen LogP contribution < -0.4 is 10.5 Å². The number of nitrogens with zero attached hydrogens (tertiary/aromatic N) is 2. The van der Waals surface area contributed by atoms with Crippen molar-refractivity contribution in [2.45, 2.75) is 44.2 Å². The highest BCUT2D eigenvalue weighted by Crippen LogP contribution is 2.16. The Hall–Kier alpha value is -1.52. The number of anilines is 1. The molecule has 0 aliphatic heterocycles. The summed E-state index contributed by atoms with van der Waals surface area (Å²) >= 11 is 0. The molecule has 3 N–H and O–H groups in total. The number of rotatable bonds is 6. The van der Waals surface area contributed by atoms with Crippen molar-refractivity contribution in [3.8, 4) is 12.3 Å². The molecule has 1 aromatic rings. The first-order valence-electron chi connectivity index (χ1n) is 5.76. The highest BCUT2D eigenvalue weighted by atomic mass is 32.2. The third-order valence-corrected chi connectivity index (χ3v) is 3.89. The number of nitrogen functional groups attached to an aromatic ring is 1. The van der Waals surface area contributed by atoms with Crippen LogP contribution in [-0.2, 0) is 16.6 Å². The first-order valence-corrected chi connectivity index (χ1v) is 7.24. The van der Waals surface area contributed by atoms with Crippen molar-refractivity contribution in [1.29, 1.82) is 0 Å². The van der Waals surface area contributed by atoms with Crippen LogP contribution in [0.4, 0.5) is 5.82 Å². The lowest BCUT2D eigenvalue weighted by molar-refractivity contribution is 0.569. The minimum atomic E-state index is -3.71. The Morgan fingerprint density at radius 1 is 1.61 bits per heavy atom. The van der Waals surface area contributed by atoms with Gasteiger partial charge in [0.15, 0.2) is 5.82 Å². The summed E-state index contributed by atoms with van der Waals surface area (Å²) in [4.78, 5) is -0.0235. The van der Waals surface area contributed by atoms with Crippen LogP contribution in [0.3, 0.4) is 0 Å². The number of aromatic nitrogens is 2. The lowest BCUT2D eigenvalue weighted by Gasteiger charge is -2.10. The molecule has 1 heterocycles. The Bertz CT molecular complexity index is 542. The second-order valence-electron chi connectivity index (χ2n) is 3.89. The number of nitrogens with two attached hydrogens (primary N) is 1. The summed E-state index contributed by atoms with van der Waals surface area (Å²) in [5.74, 6) is 2.36. The molecule has 6 nitrogen and oxygen atoms in total. The van der Waals surface area contributed by atoms with Crippen LogP contribution >= 0.6 is 0 Å². The van der Waals surface area contributed by atoms with Gasteiger partial charge in [0.2, 0.25) is 10.0 Å². The molecule has 0 radical (unpaired) electrons. The molecular formula is C11H18N4O2S. The van der Waals surface area contributed by atoms with Crippen molar-refractivity contribution < 1.29 is 8.42 Å². The minimum Gasteiger partial charge on any atom is -0.381 e. The molecule has 7 heteroatoms. The summed E-state index contributed by atoms with van der Waals surface area (Å²) in [7, 11) is -3.71. The van der Waals surface area contributed by atoms with Gasteiger partial charge >= 0.3 is 0 Å². The summed E-state index contributed by atoms with van der Waals surface area (Å²) in [6, 6.07) is -0.538. The maximum atomic E-state index is 12.1. The van der Waals surface area contributed by atoms with E-state index in [1.165, 1.54) is 10.9 Å². The van der Waals surface area contributed by atoms with Gasteiger partial charge in [-0.25, -0.2) is 8.42 Å². The second-order valence-corrected chi connectivity index (χ2v) is 5.57. The quantitative estimate of drug-likeness (QED) is 0.739. The molecule has 0 fully saturated rings. The predicted octanol–water partition coefficient (Wildman–Crippen LogP) is 0.565. The van der Waals surface area contributed by atoms with Crippen LogP contribution in [0, 0.1) is 12.3 Å². The fourth-order valence-electron chi connectivity index (χ4n) is 1.45. The number of aryl methyl sites for hydroxylation is 1. The molecule has 0 aliphatic carbocycles. The summed E-state index contributed by atoms with van der Waals surface area (Å²) in [5, 5.41) is 3.95. The highest BCUT2D eigenvalue weighted by molar-refractivity contribution is 7.89. The maximum Gasteiger partial charge on any atom is 0.246 e. The van der Waals surface area contributed by atoms with Gasteiger partial charge in [0, 0.05) is 12.7 Å². The average Bonchev–Trinajstić information content (AvgIpc) is 2.68. The highest BCUT2D eigenvalue weighted by Gasteiger charge is 2.23. The zero-order valence-electron chi connectivity index (χ0n) is 10.5. The Balaban J connectivity index is 3.02. The first-order chi connectivity index (χ1) is 8.44. The van der Waals surface area contributed by atoms with Crippen LogP contribution in [0.1, 0.15) is 26.7 Å². The number of hydrogen-bond donors (Lipinski definition) is 2. The van der Waals surface area contributed by atoms with Gasteiger partial charge in [0.05, 0.1) is 6.04 Å². The summed E-state index contributed by atoms with van der Waals surface area (Å²) in [6.45, 7) is 4.39. The van der Waals surface area contributed by atoms with E-state index in [9.17, 15) is 8.42 Å². The molecule has 0 saturated heterocycles. The van der Waals surface area contributed by atoms with Gasteiger partial charge in [-0.15, -0.1) is 6.42 Å². The zero-order chi connectivity index (χ0) is 13.8. The van der Waals surface area contributed by atoms with Crippen LogP contribution in [0.5, 0.6) is 0 Å². The van der Waals surface area contributed by atoms with Gasteiger partial charge in [-0.05, 0) is 12.8 Å². The lowest BCUT2D eigenvalue weighted by Crippen LogP contribution is -2.33. The third-order valence-electron chi connectivity index (χ3n) is 2.40. The van der Waals surface area contributed by atoms with Crippen LogP contribution in [0.15, 0.2) is 11.1 Å². The third kappa shape index (κ3) is 3.24. The van der Waals surface area contributed by atoms with Crippen molar-refractivity contribution in [1.82, 2.24) is 14.5 Å². The zero-order valence-corrected chi connectivity index (χ0v) is 11.4. The fraction of sp³-hybridized carbons (Fsp3) is 0.545. The van der Waals surface area contributed by atoms with Gasteiger partial charge in [-0.3, -0.25) is 4.68 Å². The lowest BCUT2D eigenvalue weighted by atomic mass is 10.3. The maximum absolute atomic E-state index is 12.1. The molecular weight excluding hydrogens is 252 g/mol. The van der Waals surface area contributed by atoms with E-state index in [1.54, 1.807) is 6.92 Å². The van der Waals surface area contributed by atoms with Gasteiger partial charge in [0.25, 0.3) is 0 Å². The van der Waals surface area contributed by atoms with Gasteiger partial charge in [-0.2, -0.15) is 9.82 Å². The topological polar surface area (TPSA) is 90.0 Å². The fourth-order valence-corrected chi connectivity index (χ4v) is 2.77. The number of sulfonamides is 1. The molecule has 0 spiro atoms. The van der Waals surface area contributed by atoms with E-state index in [0.29, 0.717) is 13.0 Å². The van der Waals surface area contributed by atoms with E-state index in [2.05, 4.69) is 15.7 Å². The van der Waals surface area contributed by atoms with E-state index in [0.717, 1.165) is 6.42 Å². The Kier molecular flexibility index (Phi) is 4.76. The van der Waals surface area contributed by atoms with Crippen LogP contribution in [0.2, 0.25) is 0 Å². The summed E-state index contributed by atoms with van der Waals surface area (Å²) in [5.41, 5.74) is 5.61. The molecule has 0 aromatic carbocycles. The molecule has 1 unspecified atom stereocenters. The van der Waals surface area contributed by atoms with Crippen molar-refractivity contribution in [2.75, 3.05) is 5.73 Å². The number of nitrogens with one attached hydrogen (secondary N) is 1. The molecule has 0 aliphatic rings. The first kappa shape index (κ1) is 14.5. The Morgan fingerprint density at radius 3 is 2.78 bits per heavy atom. The van der Waals surface area contributed by atoms with Gasteiger partial charge in [-0.1, -0.05) is 19.8 Å². The van der Waals surface area contributed by atoms with E-state index < -0.39 is 16.1 Å². The van der Waals surface area contributed by atoms with Crippen LogP contribution in [0.25, 0.3) is 0 Å². The Labute approximate surface area is 108 Å². The largest absolute Gasteiger partial charge is 0.381 e. The summed E-state index contributed by atoms with van der Waals surface area (Å²) in [6.07, 6.45) is 8.01. The average molecular weight is 270 g/mol. The van der Waals surface area contributed by atoms with Gasteiger partial charge < -0.3 is 5.73 Å².